The molecule has 7 heteroatoms. The van der Waals surface area contributed by atoms with Gasteiger partial charge in [0.1, 0.15) is 5.75 Å². The fourth-order valence-corrected chi connectivity index (χ4v) is 4.64. The standard InChI is InChI=1S/C24H29BrO6/c1-12(2)20-22(25)17(11-19(28-7)24(20)29-8)23(31-16(6)27)21-13(3)9-10-18(14(21)4)30-15(5)26/h9-12,23H,1-8H3. The van der Waals surface area contributed by atoms with Crippen molar-refractivity contribution in [3.05, 3.63) is 50.5 Å². The third-order valence-electron chi connectivity index (χ3n) is 5.01. The Labute approximate surface area is 192 Å². The lowest BCUT2D eigenvalue weighted by Gasteiger charge is -2.27. The van der Waals surface area contributed by atoms with Crippen molar-refractivity contribution in [3.63, 3.8) is 0 Å². The molecule has 0 fully saturated rings. The number of hydrogen-bond donors (Lipinski definition) is 0. The van der Waals surface area contributed by atoms with E-state index in [1.807, 2.05) is 33.8 Å². The van der Waals surface area contributed by atoms with Gasteiger partial charge in [-0.2, -0.15) is 0 Å². The van der Waals surface area contributed by atoms with Crippen LogP contribution in [0.5, 0.6) is 17.2 Å². The average molecular weight is 493 g/mol. The van der Waals surface area contributed by atoms with E-state index < -0.39 is 18.0 Å². The molecule has 0 aromatic heterocycles. The Balaban J connectivity index is 2.88. The number of esters is 2. The Bertz CT molecular complexity index is 996. The molecule has 0 saturated carbocycles. The summed E-state index contributed by atoms with van der Waals surface area (Å²) in [5, 5.41) is 0. The summed E-state index contributed by atoms with van der Waals surface area (Å²) in [5.74, 6) is 0.826. The molecule has 0 N–H and O–H groups in total. The van der Waals surface area contributed by atoms with Gasteiger partial charge in [0.15, 0.2) is 17.6 Å². The van der Waals surface area contributed by atoms with E-state index in [4.69, 9.17) is 18.9 Å². The summed E-state index contributed by atoms with van der Waals surface area (Å²) in [5.41, 5.74) is 3.97. The minimum Gasteiger partial charge on any atom is -0.493 e. The molecule has 168 valence electrons. The average Bonchev–Trinajstić information content (AvgIpc) is 2.68. The van der Waals surface area contributed by atoms with Crippen molar-refractivity contribution in [2.45, 2.75) is 53.6 Å². The van der Waals surface area contributed by atoms with E-state index in [9.17, 15) is 9.59 Å². The zero-order valence-electron chi connectivity index (χ0n) is 19.2. The maximum Gasteiger partial charge on any atom is 0.308 e. The second-order valence-corrected chi connectivity index (χ2v) is 8.38. The molecule has 0 spiro atoms. The zero-order chi connectivity index (χ0) is 23.5. The normalized spacial score (nSPS) is 11.8. The Morgan fingerprint density at radius 3 is 2.06 bits per heavy atom. The van der Waals surface area contributed by atoms with Crippen LogP contribution in [0.3, 0.4) is 0 Å². The molecular formula is C24H29BrO6. The molecular weight excluding hydrogens is 464 g/mol. The van der Waals surface area contributed by atoms with E-state index in [1.165, 1.54) is 13.8 Å². The van der Waals surface area contributed by atoms with Gasteiger partial charge in [0.05, 0.1) is 14.2 Å². The van der Waals surface area contributed by atoms with Gasteiger partial charge in [-0.15, -0.1) is 0 Å². The van der Waals surface area contributed by atoms with Crippen LogP contribution in [-0.4, -0.2) is 26.2 Å². The van der Waals surface area contributed by atoms with E-state index in [0.717, 1.165) is 21.2 Å². The summed E-state index contributed by atoms with van der Waals surface area (Å²) in [4.78, 5) is 23.7. The third-order valence-corrected chi connectivity index (χ3v) is 5.90. The van der Waals surface area contributed by atoms with Gasteiger partial charge in [-0.1, -0.05) is 19.9 Å². The van der Waals surface area contributed by atoms with Gasteiger partial charge in [0.2, 0.25) is 0 Å². The molecule has 0 aliphatic rings. The van der Waals surface area contributed by atoms with Crippen molar-refractivity contribution < 1.29 is 28.5 Å². The van der Waals surface area contributed by atoms with Crippen molar-refractivity contribution in [3.8, 4) is 17.2 Å². The highest BCUT2D eigenvalue weighted by Crippen LogP contribution is 2.47. The fourth-order valence-electron chi connectivity index (χ4n) is 3.68. The van der Waals surface area contributed by atoms with Crippen molar-refractivity contribution in [1.29, 1.82) is 0 Å². The van der Waals surface area contributed by atoms with E-state index >= 15 is 0 Å². The Hall–Kier alpha value is -2.54. The molecule has 2 aromatic rings. The summed E-state index contributed by atoms with van der Waals surface area (Å²) in [6.07, 6.45) is -0.750. The van der Waals surface area contributed by atoms with Gasteiger partial charge in [-0.05, 0) is 59.0 Å². The van der Waals surface area contributed by atoms with Gasteiger partial charge in [-0.25, -0.2) is 0 Å². The number of carbonyl (C=O) groups is 2. The summed E-state index contributed by atoms with van der Waals surface area (Å²) in [6.45, 7) is 10.6. The summed E-state index contributed by atoms with van der Waals surface area (Å²) in [7, 11) is 3.16. The van der Waals surface area contributed by atoms with Crippen LogP contribution < -0.4 is 14.2 Å². The first kappa shape index (κ1) is 24.7. The molecule has 2 rings (SSSR count). The third kappa shape index (κ3) is 5.21. The summed E-state index contributed by atoms with van der Waals surface area (Å²) in [6, 6.07) is 5.39. The molecule has 0 amide bonds. The summed E-state index contributed by atoms with van der Waals surface area (Å²) < 4.78 is 23.2. The number of carbonyl (C=O) groups excluding carboxylic acids is 2. The van der Waals surface area contributed by atoms with E-state index in [0.29, 0.717) is 28.4 Å². The van der Waals surface area contributed by atoms with E-state index in [-0.39, 0.29) is 5.92 Å². The van der Waals surface area contributed by atoms with Crippen LogP contribution in [0.2, 0.25) is 0 Å². The molecule has 0 heterocycles. The summed E-state index contributed by atoms with van der Waals surface area (Å²) >= 11 is 3.72. The highest BCUT2D eigenvalue weighted by atomic mass is 79.9. The van der Waals surface area contributed by atoms with Crippen LogP contribution in [0.4, 0.5) is 0 Å². The molecule has 0 saturated heterocycles. The van der Waals surface area contributed by atoms with Gasteiger partial charge in [0.25, 0.3) is 0 Å². The second kappa shape index (κ2) is 10.2. The number of benzene rings is 2. The first-order valence-electron chi connectivity index (χ1n) is 9.93. The highest BCUT2D eigenvalue weighted by Gasteiger charge is 2.30. The molecule has 0 bridgehead atoms. The predicted molar refractivity (Wildman–Crippen MR) is 122 cm³/mol. The lowest BCUT2D eigenvalue weighted by molar-refractivity contribution is -0.145. The van der Waals surface area contributed by atoms with Crippen LogP contribution in [0.1, 0.15) is 67.5 Å². The van der Waals surface area contributed by atoms with Crippen LogP contribution in [0, 0.1) is 13.8 Å². The molecule has 6 nitrogen and oxygen atoms in total. The molecule has 2 aromatic carbocycles. The molecule has 0 radical (unpaired) electrons. The number of ether oxygens (including phenoxy) is 4. The quantitative estimate of drug-likeness (QED) is 0.360. The first-order valence-corrected chi connectivity index (χ1v) is 10.7. The Kier molecular flexibility index (Phi) is 8.12. The van der Waals surface area contributed by atoms with Crippen LogP contribution in [0.25, 0.3) is 0 Å². The zero-order valence-corrected chi connectivity index (χ0v) is 20.8. The van der Waals surface area contributed by atoms with Gasteiger partial charge in [-0.3, -0.25) is 9.59 Å². The molecule has 31 heavy (non-hydrogen) atoms. The maximum atomic E-state index is 12.1. The number of aryl methyl sites for hydroxylation is 1. The SMILES string of the molecule is COc1cc(C(OC(C)=O)c2c(C)ccc(OC(C)=O)c2C)c(Br)c(C(C)C)c1OC. The van der Waals surface area contributed by atoms with Crippen molar-refractivity contribution in [2.24, 2.45) is 0 Å². The van der Waals surface area contributed by atoms with Crippen LogP contribution in [0.15, 0.2) is 22.7 Å². The number of methoxy groups -OCH3 is 2. The maximum absolute atomic E-state index is 12.1. The Morgan fingerprint density at radius 1 is 0.935 bits per heavy atom. The van der Waals surface area contributed by atoms with Crippen molar-refractivity contribution in [2.75, 3.05) is 14.2 Å². The minimum absolute atomic E-state index is 0.103. The molecule has 1 atom stereocenters. The fraction of sp³-hybridized carbons (Fsp3) is 0.417. The smallest absolute Gasteiger partial charge is 0.308 e. The second-order valence-electron chi connectivity index (χ2n) is 7.59. The van der Waals surface area contributed by atoms with Gasteiger partial charge in [0, 0.05) is 35.0 Å². The molecule has 0 aliphatic heterocycles. The van der Waals surface area contributed by atoms with Crippen molar-refractivity contribution in [1.82, 2.24) is 0 Å². The number of rotatable bonds is 7. The lowest BCUT2D eigenvalue weighted by atomic mass is 9.89. The topological polar surface area (TPSA) is 71.1 Å². The van der Waals surface area contributed by atoms with Gasteiger partial charge >= 0.3 is 11.9 Å². The van der Waals surface area contributed by atoms with E-state index in [2.05, 4.69) is 15.9 Å². The number of hydrogen-bond acceptors (Lipinski definition) is 6. The van der Waals surface area contributed by atoms with Crippen LogP contribution in [-0.2, 0) is 14.3 Å². The van der Waals surface area contributed by atoms with Crippen LogP contribution >= 0.6 is 15.9 Å². The monoisotopic (exact) mass is 492 g/mol. The molecule has 0 aliphatic carbocycles. The van der Waals surface area contributed by atoms with E-state index in [1.54, 1.807) is 26.4 Å². The minimum atomic E-state index is -0.750. The van der Waals surface area contributed by atoms with Crippen molar-refractivity contribution >= 4 is 27.9 Å². The number of halogens is 1. The first-order chi connectivity index (χ1) is 14.5. The highest BCUT2D eigenvalue weighted by molar-refractivity contribution is 9.10. The Morgan fingerprint density at radius 2 is 1.58 bits per heavy atom. The predicted octanol–water partition coefficient (Wildman–Crippen LogP) is 5.78. The van der Waals surface area contributed by atoms with Gasteiger partial charge < -0.3 is 18.9 Å². The largest absolute Gasteiger partial charge is 0.493 e. The lowest BCUT2D eigenvalue weighted by Crippen LogP contribution is -2.16. The molecule has 1 unspecified atom stereocenters.